The van der Waals surface area contributed by atoms with Gasteiger partial charge in [0.15, 0.2) is 0 Å². The third-order valence-corrected chi connectivity index (χ3v) is 3.39. The number of hydrogen-bond acceptors (Lipinski definition) is 2. The lowest BCUT2D eigenvalue weighted by Crippen LogP contribution is -2.28. The molecule has 0 spiro atoms. The molecular weight excluding hydrogens is 210 g/mol. The fourth-order valence-electron chi connectivity index (χ4n) is 2.20. The molecule has 0 amide bonds. The van der Waals surface area contributed by atoms with E-state index in [1.165, 1.54) is 37.9 Å². The van der Waals surface area contributed by atoms with Gasteiger partial charge < -0.3 is 9.88 Å². The number of aromatic nitrogens is 2. The minimum Gasteiger partial charge on any atom is -0.335 e. The van der Waals surface area contributed by atoms with Gasteiger partial charge in [0, 0.05) is 31.4 Å². The molecule has 17 heavy (non-hydrogen) atoms. The van der Waals surface area contributed by atoms with E-state index in [1.807, 2.05) is 6.20 Å². The van der Waals surface area contributed by atoms with Crippen LogP contribution in [0.5, 0.6) is 0 Å². The van der Waals surface area contributed by atoms with E-state index in [2.05, 4.69) is 42.0 Å². The molecule has 0 saturated carbocycles. The van der Waals surface area contributed by atoms with Gasteiger partial charge in [0.2, 0.25) is 0 Å². The van der Waals surface area contributed by atoms with Crippen molar-refractivity contribution >= 4 is 0 Å². The van der Waals surface area contributed by atoms with Crippen LogP contribution in [-0.4, -0.2) is 22.6 Å². The maximum atomic E-state index is 4.44. The van der Waals surface area contributed by atoms with E-state index in [9.17, 15) is 0 Å². The zero-order chi connectivity index (χ0) is 12.5. The zero-order valence-electron chi connectivity index (χ0n) is 11.6. The maximum Gasteiger partial charge on any atom is 0.110 e. The molecule has 1 unspecified atom stereocenters. The molecule has 1 heterocycles. The largest absolute Gasteiger partial charge is 0.335 e. The molecule has 1 aromatic rings. The van der Waals surface area contributed by atoms with Gasteiger partial charge in [0.05, 0.1) is 0 Å². The van der Waals surface area contributed by atoms with Crippen molar-refractivity contribution in [1.82, 2.24) is 14.9 Å². The topological polar surface area (TPSA) is 29.9 Å². The van der Waals surface area contributed by atoms with Crippen molar-refractivity contribution in [2.24, 2.45) is 0 Å². The average molecular weight is 237 g/mol. The number of rotatable bonds is 9. The second kappa shape index (κ2) is 8.29. The van der Waals surface area contributed by atoms with Crippen LogP contribution >= 0.6 is 0 Å². The standard InChI is InChI=1S/C14H27N3/c1-4-6-7-8-9-13(15-3)12-14-16-10-11-17(14)5-2/h10-11,13,15H,4-9,12H2,1-3H3. The molecule has 1 N–H and O–H groups in total. The van der Waals surface area contributed by atoms with E-state index < -0.39 is 0 Å². The third kappa shape index (κ3) is 4.90. The van der Waals surface area contributed by atoms with E-state index >= 15 is 0 Å². The summed E-state index contributed by atoms with van der Waals surface area (Å²) in [6, 6.07) is 0.569. The second-order valence-corrected chi connectivity index (χ2v) is 4.67. The van der Waals surface area contributed by atoms with Crippen LogP contribution in [0.25, 0.3) is 0 Å². The van der Waals surface area contributed by atoms with Gasteiger partial charge >= 0.3 is 0 Å². The molecule has 98 valence electrons. The number of imidazole rings is 1. The van der Waals surface area contributed by atoms with Crippen LogP contribution in [0.4, 0.5) is 0 Å². The quantitative estimate of drug-likeness (QED) is 0.669. The van der Waals surface area contributed by atoms with Crippen molar-refractivity contribution in [3.63, 3.8) is 0 Å². The average Bonchev–Trinajstić information content (AvgIpc) is 2.80. The summed E-state index contributed by atoms with van der Waals surface area (Å²) in [7, 11) is 2.06. The van der Waals surface area contributed by atoms with Gasteiger partial charge in [-0.15, -0.1) is 0 Å². The van der Waals surface area contributed by atoms with Crippen molar-refractivity contribution in [3.05, 3.63) is 18.2 Å². The van der Waals surface area contributed by atoms with Crippen LogP contribution in [0, 0.1) is 0 Å². The molecule has 0 radical (unpaired) electrons. The normalized spacial score (nSPS) is 12.9. The van der Waals surface area contributed by atoms with Crippen molar-refractivity contribution in [2.75, 3.05) is 7.05 Å². The lowest BCUT2D eigenvalue weighted by Gasteiger charge is -2.16. The number of hydrogen-bond donors (Lipinski definition) is 1. The van der Waals surface area contributed by atoms with E-state index in [4.69, 9.17) is 0 Å². The minimum absolute atomic E-state index is 0.569. The van der Waals surface area contributed by atoms with Crippen LogP contribution in [0.2, 0.25) is 0 Å². The number of nitrogens with zero attached hydrogens (tertiary/aromatic N) is 2. The van der Waals surface area contributed by atoms with E-state index in [-0.39, 0.29) is 0 Å². The highest BCUT2D eigenvalue weighted by Gasteiger charge is 2.10. The molecular formula is C14H27N3. The Hall–Kier alpha value is -0.830. The molecule has 3 nitrogen and oxygen atoms in total. The molecule has 0 aliphatic heterocycles. The fraction of sp³-hybridized carbons (Fsp3) is 0.786. The fourth-order valence-corrected chi connectivity index (χ4v) is 2.20. The first-order valence-corrected chi connectivity index (χ1v) is 6.99. The number of aryl methyl sites for hydroxylation is 1. The molecule has 1 atom stereocenters. The third-order valence-electron chi connectivity index (χ3n) is 3.39. The maximum absolute atomic E-state index is 4.44. The van der Waals surface area contributed by atoms with Crippen LogP contribution < -0.4 is 5.32 Å². The number of likely N-dealkylation sites (N-methyl/N-ethyl adjacent to an activating group) is 1. The monoisotopic (exact) mass is 237 g/mol. The Kier molecular flexibility index (Phi) is 6.94. The van der Waals surface area contributed by atoms with Crippen molar-refractivity contribution in [3.8, 4) is 0 Å². The summed E-state index contributed by atoms with van der Waals surface area (Å²) in [5.74, 6) is 1.21. The lowest BCUT2D eigenvalue weighted by molar-refractivity contribution is 0.469. The predicted octanol–water partition coefficient (Wildman–Crippen LogP) is 3.00. The highest BCUT2D eigenvalue weighted by Crippen LogP contribution is 2.09. The molecule has 0 aliphatic rings. The summed E-state index contributed by atoms with van der Waals surface area (Å²) in [4.78, 5) is 4.44. The van der Waals surface area contributed by atoms with Gasteiger partial charge in [-0.1, -0.05) is 32.6 Å². The van der Waals surface area contributed by atoms with E-state index in [0.29, 0.717) is 6.04 Å². The number of nitrogens with one attached hydrogen (secondary N) is 1. The van der Waals surface area contributed by atoms with Crippen molar-refractivity contribution in [2.45, 2.75) is 65.0 Å². The Morgan fingerprint density at radius 1 is 1.29 bits per heavy atom. The minimum atomic E-state index is 0.569. The molecule has 0 aliphatic carbocycles. The van der Waals surface area contributed by atoms with Crippen LogP contribution in [0.3, 0.4) is 0 Å². The molecule has 1 rings (SSSR count). The second-order valence-electron chi connectivity index (χ2n) is 4.67. The summed E-state index contributed by atoms with van der Waals surface area (Å²) in [6.07, 6.45) is 11.6. The summed E-state index contributed by atoms with van der Waals surface area (Å²) >= 11 is 0. The first-order valence-electron chi connectivity index (χ1n) is 6.99. The highest BCUT2D eigenvalue weighted by atomic mass is 15.1. The Morgan fingerprint density at radius 2 is 2.12 bits per heavy atom. The summed E-state index contributed by atoms with van der Waals surface area (Å²) < 4.78 is 2.23. The molecule has 0 saturated heterocycles. The van der Waals surface area contributed by atoms with Crippen LogP contribution in [0.1, 0.15) is 51.8 Å². The van der Waals surface area contributed by atoms with Crippen molar-refractivity contribution < 1.29 is 0 Å². The summed E-state index contributed by atoms with van der Waals surface area (Å²) in [5, 5.41) is 3.42. The Labute approximate surface area is 106 Å². The van der Waals surface area contributed by atoms with Gasteiger partial charge in [0.1, 0.15) is 5.82 Å². The lowest BCUT2D eigenvalue weighted by atomic mass is 10.0. The zero-order valence-corrected chi connectivity index (χ0v) is 11.6. The number of unbranched alkanes of at least 4 members (excludes halogenated alkanes) is 3. The molecule has 3 heteroatoms. The Balaban J connectivity index is 2.35. The SMILES string of the molecule is CCCCCCC(Cc1nccn1CC)NC. The van der Waals surface area contributed by atoms with Gasteiger partial charge in [0.25, 0.3) is 0 Å². The molecule has 0 fully saturated rings. The predicted molar refractivity (Wildman–Crippen MR) is 73.2 cm³/mol. The Morgan fingerprint density at radius 3 is 2.76 bits per heavy atom. The van der Waals surface area contributed by atoms with E-state index in [0.717, 1.165) is 13.0 Å². The highest BCUT2D eigenvalue weighted by molar-refractivity contribution is 4.95. The first-order chi connectivity index (χ1) is 8.31. The smallest absolute Gasteiger partial charge is 0.110 e. The van der Waals surface area contributed by atoms with Gasteiger partial charge in [-0.25, -0.2) is 4.98 Å². The molecule has 1 aromatic heterocycles. The Bertz CT molecular complexity index is 293. The molecule has 0 aromatic carbocycles. The summed E-state index contributed by atoms with van der Waals surface area (Å²) in [5.41, 5.74) is 0. The first kappa shape index (κ1) is 14.2. The molecule has 0 bridgehead atoms. The summed E-state index contributed by atoms with van der Waals surface area (Å²) in [6.45, 7) is 5.44. The van der Waals surface area contributed by atoms with Crippen LogP contribution in [-0.2, 0) is 13.0 Å². The van der Waals surface area contributed by atoms with E-state index in [1.54, 1.807) is 0 Å². The van der Waals surface area contributed by atoms with Gasteiger partial charge in [-0.3, -0.25) is 0 Å². The van der Waals surface area contributed by atoms with Crippen LogP contribution in [0.15, 0.2) is 12.4 Å². The van der Waals surface area contributed by atoms with Crippen molar-refractivity contribution in [1.29, 1.82) is 0 Å². The van der Waals surface area contributed by atoms with Gasteiger partial charge in [-0.05, 0) is 20.4 Å². The van der Waals surface area contributed by atoms with Gasteiger partial charge in [-0.2, -0.15) is 0 Å².